The maximum atomic E-state index is 12.6. The number of carbonyl (C=O) groups is 1. The summed E-state index contributed by atoms with van der Waals surface area (Å²) in [7, 11) is 1.32. The number of rotatable bonds is 40. The summed E-state index contributed by atoms with van der Waals surface area (Å²) in [5, 5.41) is 0. The third-order valence-corrected chi connectivity index (χ3v) is 10.3. The van der Waals surface area contributed by atoms with Gasteiger partial charge in [-0.05, 0) is 51.0 Å². The molecular weight excluding hydrogens is 673 g/mol. The number of quaternary nitrogens is 1. The number of hydrogen-bond acceptors (Lipinski definition) is 7. The van der Waals surface area contributed by atoms with Gasteiger partial charge in [-0.15, -0.1) is 0 Å². The molecule has 0 rings (SSSR count). The fraction of sp³-hybridized carbons (Fsp3) is 0.884. The van der Waals surface area contributed by atoms with Crippen LogP contribution in [0.3, 0.4) is 0 Å². The highest BCUT2D eigenvalue weighted by molar-refractivity contribution is 7.45. The highest BCUT2D eigenvalue weighted by Crippen LogP contribution is 2.38. The Balaban J connectivity index is 4.30. The summed E-state index contributed by atoms with van der Waals surface area (Å²) in [6.45, 7) is 4.73. The molecule has 0 bridgehead atoms. The Labute approximate surface area is 322 Å². The van der Waals surface area contributed by atoms with Gasteiger partial charge in [0.2, 0.25) is 0 Å². The second-order valence-corrected chi connectivity index (χ2v) is 17.2. The Morgan fingerprint density at radius 3 is 1.48 bits per heavy atom. The molecule has 0 fully saturated rings. The van der Waals surface area contributed by atoms with E-state index in [2.05, 4.69) is 26.0 Å². The molecular formula is C43H84NO7P. The molecule has 0 spiro atoms. The number of ether oxygens (including phenoxy) is 2. The summed E-state index contributed by atoms with van der Waals surface area (Å²) in [5.41, 5.74) is 0. The Bertz CT molecular complexity index is 889. The lowest BCUT2D eigenvalue weighted by atomic mass is 10.0. The van der Waals surface area contributed by atoms with Crippen molar-refractivity contribution in [3.05, 3.63) is 24.5 Å². The number of esters is 1. The van der Waals surface area contributed by atoms with Gasteiger partial charge >= 0.3 is 5.97 Å². The molecule has 2 atom stereocenters. The number of nitrogens with zero attached hydrogens (tertiary/aromatic N) is 1. The topological polar surface area (TPSA) is 94.1 Å². The molecule has 0 aliphatic carbocycles. The van der Waals surface area contributed by atoms with Gasteiger partial charge in [0, 0.05) is 6.42 Å². The predicted molar refractivity (Wildman–Crippen MR) is 217 cm³/mol. The monoisotopic (exact) mass is 758 g/mol. The van der Waals surface area contributed by atoms with Gasteiger partial charge in [-0.25, -0.2) is 0 Å². The first kappa shape index (κ1) is 50.8. The van der Waals surface area contributed by atoms with Crippen molar-refractivity contribution in [1.82, 2.24) is 0 Å². The molecule has 308 valence electrons. The standard InChI is InChI=1S/C43H84NO7P/c1-6-8-10-12-14-16-18-20-22-23-24-26-28-30-32-34-36-43(45)51-42(41-50-52(46,47)49-39-37-44(3,4)5)40-48-38-35-33-31-29-27-25-21-19-17-15-13-11-9-7-2/h22-23,35,38,42H,6-21,24-34,36-37,39-41H2,1-5H3/b23-22-,38-35-/t42-/m1/s1. The molecule has 0 heterocycles. The molecule has 0 aliphatic rings. The first-order chi connectivity index (χ1) is 25.1. The maximum absolute atomic E-state index is 12.6. The minimum absolute atomic E-state index is 0.0165. The molecule has 0 aromatic carbocycles. The average Bonchev–Trinajstić information content (AvgIpc) is 3.09. The summed E-state index contributed by atoms with van der Waals surface area (Å²) in [5.74, 6) is -0.363. The van der Waals surface area contributed by atoms with E-state index in [4.69, 9.17) is 18.5 Å². The smallest absolute Gasteiger partial charge is 0.306 e. The van der Waals surface area contributed by atoms with Gasteiger partial charge in [0.05, 0.1) is 34.0 Å². The summed E-state index contributed by atoms with van der Waals surface area (Å²) in [6.07, 6.45) is 41.3. The molecule has 0 amide bonds. The fourth-order valence-electron chi connectivity index (χ4n) is 5.92. The van der Waals surface area contributed by atoms with E-state index >= 15 is 0 Å². The van der Waals surface area contributed by atoms with E-state index < -0.39 is 13.9 Å². The molecule has 0 saturated heterocycles. The molecule has 0 aromatic rings. The third-order valence-electron chi connectivity index (χ3n) is 9.32. The first-order valence-electron chi connectivity index (χ1n) is 21.6. The Morgan fingerprint density at radius 1 is 0.596 bits per heavy atom. The van der Waals surface area contributed by atoms with E-state index in [1.165, 1.54) is 128 Å². The SMILES string of the molecule is CCCCCCCCC/C=C\CCCCCCCC(=O)O[C@H](CO/C=C\CCCCCCCCCCCCCC)COP(=O)([O-])OCC[N+](C)(C)C. The minimum Gasteiger partial charge on any atom is -0.756 e. The summed E-state index contributed by atoms with van der Waals surface area (Å²) >= 11 is 0. The highest BCUT2D eigenvalue weighted by Gasteiger charge is 2.20. The zero-order valence-corrected chi connectivity index (χ0v) is 35.7. The van der Waals surface area contributed by atoms with Gasteiger partial charge in [0.1, 0.15) is 19.8 Å². The van der Waals surface area contributed by atoms with Crippen LogP contribution in [-0.4, -0.2) is 64.1 Å². The molecule has 9 heteroatoms. The van der Waals surface area contributed by atoms with E-state index in [1.807, 2.05) is 27.2 Å². The van der Waals surface area contributed by atoms with Gasteiger partial charge in [-0.2, -0.15) is 0 Å². The van der Waals surface area contributed by atoms with E-state index in [1.54, 1.807) is 6.26 Å². The van der Waals surface area contributed by atoms with Crippen LogP contribution in [0.4, 0.5) is 0 Å². The normalized spacial score (nSPS) is 14.0. The number of phosphoric ester groups is 1. The van der Waals surface area contributed by atoms with Crippen LogP contribution in [0.15, 0.2) is 24.5 Å². The Hall–Kier alpha value is -1.18. The maximum Gasteiger partial charge on any atom is 0.306 e. The van der Waals surface area contributed by atoms with Gasteiger partial charge in [0.25, 0.3) is 7.82 Å². The lowest BCUT2D eigenvalue weighted by Gasteiger charge is -2.28. The van der Waals surface area contributed by atoms with Crippen LogP contribution in [0, 0.1) is 0 Å². The van der Waals surface area contributed by atoms with E-state index in [0.717, 1.165) is 44.9 Å². The summed E-state index contributed by atoms with van der Waals surface area (Å²) in [6, 6.07) is 0. The molecule has 8 nitrogen and oxygen atoms in total. The fourth-order valence-corrected chi connectivity index (χ4v) is 6.65. The molecule has 0 saturated carbocycles. The summed E-state index contributed by atoms with van der Waals surface area (Å²) in [4.78, 5) is 25.0. The van der Waals surface area contributed by atoms with Crippen molar-refractivity contribution in [1.29, 1.82) is 0 Å². The van der Waals surface area contributed by atoms with Crippen molar-refractivity contribution in [2.75, 3.05) is 47.5 Å². The average molecular weight is 758 g/mol. The van der Waals surface area contributed by atoms with E-state index in [-0.39, 0.29) is 25.8 Å². The van der Waals surface area contributed by atoms with E-state index in [0.29, 0.717) is 17.4 Å². The van der Waals surface area contributed by atoms with Crippen LogP contribution in [0.1, 0.15) is 194 Å². The van der Waals surface area contributed by atoms with Crippen LogP contribution in [-0.2, 0) is 27.9 Å². The van der Waals surface area contributed by atoms with Crippen LogP contribution in [0.25, 0.3) is 0 Å². The number of likely N-dealkylation sites (N-methyl/N-ethyl adjacent to an activating group) is 1. The third kappa shape index (κ3) is 40.0. The van der Waals surface area contributed by atoms with E-state index in [9.17, 15) is 14.3 Å². The molecule has 0 N–H and O–H groups in total. The minimum atomic E-state index is -4.54. The zero-order valence-electron chi connectivity index (χ0n) is 34.8. The van der Waals surface area contributed by atoms with Gasteiger partial charge in [-0.3, -0.25) is 9.36 Å². The van der Waals surface area contributed by atoms with Crippen molar-refractivity contribution in [2.45, 2.75) is 200 Å². The summed E-state index contributed by atoms with van der Waals surface area (Å²) < 4.78 is 34.3. The van der Waals surface area contributed by atoms with Crippen molar-refractivity contribution in [2.24, 2.45) is 0 Å². The molecule has 0 radical (unpaired) electrons. The first-order valence-corrected chi connectivity index (χ1v) is 23.1. The molecule has 52 heavy (non-hydrogen) atoms. The molecule has 1 unspecified atom stereocenters. The number of allylic oxidation sites excluding steroid dienone is 3. The number of phosphoric acid groups is 1. The Morgan fingerprint density at radius 2 is 1.02 bits per heavy atom. The van der Waals surface area contributed by atoms with Crippen molar-refractivity contribution < 1.29 is 37.3 Å². The Kier molecular flexibility index (Phi) is 35.9. The van der Waals surface area contributed by atoms with Crippen LogP contribution in [0.2, 0.25) is 0 Å². The number of carbonyl (C=O) groups excluding carboxylic acids is 1. The van der Waals surface area contributed by atoms with Gasteiger partial charge in [-0.1, -0.05) is 154 Å². The lowest BCUT2D eigenvalue weighted by Crippen LogP contribution is -2.37. The lowest BCUT2D eigenvalue weighted by molar-refractivity contribution is -0.870. The van der Waals surface area contributed by atoms with Crippen molar-refractivity contribution in [3.63, 3.8) is 0 Å². The second-order valence-electron chi connectivity index (χ2n) is 15.8. The second kappa shape index (κ2) is 36.8. The van der Waals surface area contributed by atoms with Crippen LogP contribution >= 0.6 is 7.82 Å². The number of unbranched alkanes of at least 4 members (excludes halogenated alkanes) is 24. The quantitative estimate of drug-likeness (QED) is 0.0153. The van der Waals surface area contributed by atoms with Gasteiger partial charge < -0.3 is 27.9 Å². The van der Waals surface area contributed by atoms with Crippen LogP contribution in [0.5, 0.6) is 0 Å². The largest absolute Gasteiger partial charge is 0.756 e. The highest BCUT2D eigenvalue weighted by atomic mass is 31.2. The number of hydrogen-bond donors (Lipinski definition) is 0. The predicted octanol–water partition coefficient (Wildman–Crippen LogP) is 12.2. The molecule has 0 aliphatic heterocycles. The van der Waals surface area contributed by atoms with Crippen molar-refractivity contribution >= 4 is 13.8 Å². The van der Waals surface area contributed by atoms with Crippen molar-refractivity contribution in [3.8, 4) is 0 Å². The van der Waals surface area contributed by atoms with Gasteiger partial charge in [0.15, 0.2) is 6.10 Å². The van der Waals surface area contributed by atoms with Crippen LogP contribution < -0.4 is 4.89 Å². The zero-order chi connectivity index (χ0) is 38.4. The molecule has 0 aromatic heterocycles.